The topological polar surface area (TPSA) is 90.5 Å². The highest BCUT2D eigenvalue weighted by molar-refractivity contribution is 5.75. The van der Waals surface area contributed by atoms with Gasteiger partial charge >= 0.3 is 0 Å². The quantitative estimate of drug-likeness (QED) is 0.701. The summed E-state index contributed by atoms with van der Waals surface area (Å²) in [6.07, 6.45) is 5.96. The molecule has 0 bridgehead atoms. The minimum Gasteiger partial charge on any atom is -0.352 e. The van der Waals surface area contributed by atoms with Gasteiger partial charge in [-0.1, -0.05) is 6.07 Å². The zero-order chi connectivity index (χ0) is 16.8. The zero-order valence-corrected chi connectivity index (χ0v) is 12.8. The lowest BCUT2D eigenvalue weighted by Gasteiger charge is -2.03. The predicted molar refractivity (Wildman–Crippen MR) is 82.4 cm³/mol. The van der Waals surface area contributed by atoms with E-state index in [1.54, 1.807) is 33.9 Å². The van der Waals surface area contributed by atoms with E-state index in [0.717, 1.165) is 5.56 Å². The van der Waals surface area contributed by atoms with Crippen molar-refractivity contribution >= 4 is 5.91 Å². The molecule has 0 saturated carbocycles. The van der Waals surface area contributed by atoms with E-state index in [-0.39, 0.29) is 11.7 Å². The van der Waals surface area contributed by atoms with E-state index in [1.165, 1.54) is 18.5 Å². The van der Waals surface area contributed by atoms with E-state index >= 15 is 0 Å². The van der Waals surface area contributed by atoms with Gasteiger partial charge in [0.1, 0.15) is 12.1 Å². The highest BCUT2D eigenvalue weighted by Gasteiger charge is 2.05. The highest BCUT2D eigenvalue weighted by Crippen LogP contribution is 2.10. The average Bonchev–Trinajstić information content (AvgIpc) is 3.25. The van der Waals surface area contributed by atoms with Crippen molar-refractivity contribution in [3.8, 4) is 5.69 Å². The molecule has 0 aliphatic rings. The van der Waals surface area contributed by atoms with Crippen LogP contribution in [0.15, 0.2) is 43.0 Å². The van der Waals surface area contributed by atoms with Gasteiger partial charge in [0.05, 0.1) is 11.9 Å². The summed E-state index contributed by atoms with van der Waals surface area (Å²) in [7, 11) is 0. The summed E-state index contributed by atoms with van der Waals surface area (Å²) in [6, 6.07) is 6.16. The number of tetrazole rings is 1. The first-order valence-corrected chi connectivity index (χ1v) is 7.48. The van der Waals surface area contributed by atoms with Gasteiger partial charge in [-0.05, 0) is 35.0 Å². The van der Waals surface area contributed by atoms with Gasteiger partial charge in [-0.3, -0.25) is 4.79 Å². The summed E-state index contributed by atoms with van der Waals surface area (Å²) < 4.78 is 16.4. The fourth-order valence-corrected chi connectivity index (χ4v) is 2.18. The molecule has 9 heteroatoms. The SMILES string of the molecule is O=C(CCCn1cnnn1)NCc1cnn(-c2cccc(F)c2)c1. The van der Waals surface area contributed by atoms with Gasteiger partial charge in [0.15, 0.2) is 0 Å². The smallest absolute Gasteiger partial charge is 0.220 e. The van der Waals surface area contributed by atoms with Crippen molar-refractivity contribution in [3.63, 3.8) is 0 Å². The van der Waals surface area contributed by atoms with Crippen molar-refractivity contribution in [1.82, 2.24) is 35.3 Å². The number of aromatic nitrogens is 6. The van der Waals surface area contributed by atoms with Gasteiger partial charge in [-0.25, -0.2) is 13.8 Å². The number of rotatable bonds is 7. The molecular formula is C15H16FN7O. The second-order valence-electron chi connectivity index (χ2n) is 5.23. The number of carbonyl (C=O) groups is 1. The fraction of sp³-hybridized carbons (Fsp3) is 0.267. The molecule has 0 radical (unpaired) electrons. The molecule has 8 nitrogen and oxygen atoms in total. The van der Waals surface area contributed by atoms with Crippen LogP contribution in [0.3, 0.4) is 0 Å². The van der Waals surface area contributed by atoms with Gasteiger partial charge < -0.3 is 5.32 Å². The molecule has 1 amide bonds. The van der Waals surface area contributed by atoms with Crippen LogP contribution in [0.2, 0.25) is 0 Å². The highest BCUT2D eigenvalue weighted by atomic mass is 19.1. The van der Waals surface area contributed by atoms with Crippen molar-refractivity contribution in [2.75, 3.05) is 0 Å². The van der Waals surface area contributed by atoms with Crippen LogP contribution in [0.4, 0.5) is 4.39 Å². The minimum atomic E-state index is -0.319. The predicted octanol–water partition coefficient (Wildman–Crippen LogP) is 1.09. The summed E-state index contributed by atoms with van der Waals surface area (Å²) in [6.45, 7) is 0.969. The number of nitrogens with one attached hydrogen (secondary N) is 1. The van der Waals surface area contributed by atoms with Crippen LogP contribution in [-0.4, -0.2) is 35.9 Å². The van der Waals surface area contributed by atoms with E-state index in [9.17, 15) is 9.18 Å². The standard InChI is InChI=1S/C15H16FN7O/c16-13-3-1-4-14(7-13)23-10-12(9-19-23)8-17-15(24)5-2-6-22-11-18-20-21-22/h1,3-4,7,9-11H,2,5-6,8H2,(H,17,24). The van der Waals surface area contributed by atoms with Crippen molar-refractivity contribution in [1.29, 1.82) is 0 Å². The van der Waals surface area contributed by atoms with Crippen molar-refractivity contribution in [3.05, 3.63) is 54.4 Å². The zero-order valence-electron chi connectivity index (χ0n) is 12.8. The largest absolute Gasteiger partial charge is 0.352 e. The Hall–Kier alpha value is -3.10. The average molecular weight is 329 g/mol. The van der Waals surface area contributed by atoms with Gasteiger partial charge in [-0.2, -0.15) is 5.10 Å². The molecule has 24 heavy (non-hydrogen) atoms. The molecule has 1 N–H and O–H groups in total. The summed E-state index contributed by atoms with van der Waals surface area (Å²) in [5, 5.41) is 17.8. The number of hydrogen-bond donors (Lipinski definition) is 1. The summed E-state index contributed by atoms with van der Waals surface area (Å²) >= 11 is 0. The van der Waals surface area contributed by atoms with Gasteiger partial charge in [0.2, 0.25) is 5.91 Å². The summed E-state index contributed by atoms with van der Waals surface area (Å²) in [5.74, 6) is -0.373. The summed E-state index contributed by atoms with van der Waals surface area (Å²) in [4.78, 5) is 11.8. The number of carbonyl (C=O) groups excluding carboxylic acids is 1. The second-order valence-corrected chi connectivity index (χ2v) is 5.23. The Balaban J connectivity index is 1.45. The maximum Gasteiger partial charge on any atom is 0.220 e. The number of hydrogen-bond acceptors (Lipinski definition) is 5. The molecule has 0 atom stereocenters. The Kier molecular flexibility index (Phi) is 4.90. The normalized spacial score (nSPS) is 10.7. The Bertz CT molecular complexity index is 800. The van der Waals surface area contributed by atoms with Crippen molar-refractivity contribution < 1.29 is 9.18 Å². The third kappa shape index (κ3) is 4.22. The Labute approximate surface area is 137 Å². The molecule has 2 aromatic heterocycles. The first-order valence-electron chi connectivity index (χ1n) is 7.48. The van der Waals surface area contributed by atoms with E-state index < -0.39 is 0 Å². The molecule has 0 unspecified atom stereocenters. The maximum atomic E-state index is 13.2. The number of aryl methyl sites for hydroxylation is 1. The molecule has 3 aromatic rings. The third-order valence-corrected chi connectivity index (χ3v) is 3.38. The van der Waals surface area contributed by atoms with E-state index in [1.807, 2.05) is 0 Å². The molecule has 0 aliphatic heterocycles. The molecular weight excluding hydrogens is 313 g/mol. The number of nitrogens with zero attached hydrogens (tertiary/aromatic N) is 6. The molecule has 2 heterocycles. The van der Waals surface area contributed by atoms with Crippen LogP contribution in [0, 0.1) is 5.82 Å². The Morgan fingerprint density at radius 1 is 1.33 bits per heavy atom. The van der Waals surface area contributed by atoms with Crippen LogP contribution in [-0.2, 0) is 17.9 Å². The molecule has 0 saturated heterocycles. The van der Waals surface area contributed by atoms with Gasteiger partial charge in [0, 0.05) is 31.3 Å². The minimum absolute atomic E-state index is 0.0541. The van der Waals surface area contributed by atoms with Crippen LogP contribution >= 0.6 is 0 Å². The number of amides is 1. The van der Waals surface area contributed by atoms with E-state index in [0.29, 0.717) is 31.6 Å². The van der Waals surface area contributed by atoms with Gasteiger partial charge in [0.25, 0.3) is 0 Å². The molecule has 3 rings (SSSR count). The molecule has 0 aliphatic carbocycles. The lowest BCUT2D eigenvalue weighted by molar-refractivity contribution is -0.121. The van der Waals surface area contributed by atoms with Crippen molar-refractivity contribution in [2.45, 2.75) is 25.9 Å². The molecule has 124 valence electrons. The lowest BCUT2D eigenvalue weighted by atomic mass is 10.3. The first-order chi connectivity index (χ1) is 11.7. The van der Waals surface area contributed by atoms with Crippen LogP contribution in [0.1, 0.15) is 18.4 Å². The Morgan fingerprint density at radius 3 is 3.04 bits per heavy atom. The van der Waals surface area contributed by atoms with E-state index in [4.69, 9.17) is 0 Å². The second kappa shape index (κ2) is 7.44. The molecule has 1 aromatic carbocycles. The van der Waals surface area contributed by atoms with Crippen LogP contribution in [0.5, 0.6) is 0 Å². The lowest BCUT2D eigenvalue weighted by Crippen LogP contribution is -2.22. The first kappa shape index (κ1) is 15.8. The molecule has 0 spiro atoms. The summed E-state index contributed by atoms with van der Waals surface area (Å²) in [5.41, 5.74) is 1.47. The van der Waals surface area contributed by atoms with Crippen LogP contribution in [0.25, 0.3) is 5.69 Å². The van der Waals surface area contributed by atoms with E-state index in [2.05, 4.69) is 25.9 Å². The van der Waals surface area contributed by atoms with Gasteiger partial charge in [-0.15, -0.1) is 5.10 Å². The Morgan fingerprint density at radius 2 is 2.25 bits per heavy atom. The third-order valence-electron chi connectivity index (χ3n) is 3.38. The van der Waals surface area contributed by atoms with Crippen molar-refractivity contribution in [2.24, 2.45) is 0 Å². The molecule has 0 fully saturated rings. The van der Waals surface area contributed by atoms with Crippen LogP contribution < -0.4 is 5.32 Å². The monoisotopic (exact) mass is 329 g/mol. The maximum absolute atomic E-state index is 13.2. The fourth-order valence-electron chi connectivity index (χ4n) is 2.18. The number of benzene rings is 1. The number of halogens is 1.